The Morgan fingerprint density at radius 3 is 2.72 bits per heavy atom. The highest BCUT2D eigenvalue weighted by atomic mass is 16.5. The van der Waals surface area contributed by atoms with E-state index in [1.54, 1.807) is 12.1 Å². The molecule has 0 saturated carbocycles. The van der Waals surface area contributed by atoms with Gasteiger partial charge in [0.15, 0.2) is 0 Å². The highest BCUT2D eigenvalue weighted by Gasteiger charge is 2.24. The number of nitrogens with one attached hydrogen (secondary N) is 1. The second kappa shape index (κ2) is 5.31. The minimum absolute atomic E-state index is 0.0390. The van der Waals surface area contributed by atoms with Crippen LogP contribution in [0.25, 0.3) is 0 Å². The molecule has 1 aromatic rings. The van der Waals surface area contributed by atoms with Gasteiger partial charge in [0.05, 0.1) is 7.85 Å². The van der Waals surface area contributed by atoms with Gasteiger partial charge in [0, 0.05) is 13.1 Å². The fraction of sp³-hybridized carbons (Fsp3) is 0.417. The van der Waals surface area contributed by atoms with Crippen molar-refractivity contribution in [3.8, 4) is 11.5 Å². The Balaban J connectivity index is 2.33. The van der Waals surface area contributed by atoms with Crippen LogP contribution >= 0.6 is 0 Å². The molecule has 0 aliphatic carbocycles. The van der Waals surface area contributed by atoms with E-state index in [-0.39, 0.29) is 23.2 Å². The summed E-state index contributed by atoms with van der Waals surface area (Å²) in [6, 6.07) is 3.22. The lowest BCUT2D eigenvalue weighted by atomic mass is 9.95. The number of benzene rings is 1. The summed E-state index contributed by atoms with van der Waals surface area (Å²) in [5.74, 6) is -1.25. The number of aromatic carboxylic acids is 1. The zero-order chi connectivity index (χ0) is 13.1. The fourth-order valence-electron chi connectivity index (χ4n) is 1.80. The molecule has 0 amide bonds. The molecule has 2 radical (unpaired) electrons. The van der Waals surface area contributed by atoms with Crippen LogP contribution in [0.1, 0.15) is 15.9 Å². The summed E-state index contributed by atoms with van der Waals surface area (Å²) in [6.45, 7) is 1.37. The molecular formula is C12H14BNO4. The third-order valence-corrected chi connectivity index (χ3v) is 2.89. The number of hydrogen-bond donors (Lipinski definition) is 3. The van der Waals surface area contributed by atoms with Crippen molar-refractivity contribution < 1.29 is 19.7 Å². The lowest BCUT2D eigenvalue weighted by Gasteiger charge is -2.28. The largest absolute Gasteiger partial charge is 0.507 e. The topological polar surface area (TPSA) is 78.8 Å². The van der Waals surface area contributed by atoms with Gasteiger partial charge in [0.25, 0.3) is 0 Å². The smallest absolute Gasteiger partial charge is 0.343 e. The average molecular weight is 247 g/mol. The first-order valence-corrected chi connectivity index (χ1v) is 5.79. The van der Waals surface area contributed by atoms with Gasteiger partial charge in [-0.3, -0.25) is 0 Å². The normalized spacial score (nSPS) is 15.1. The van der Waals surface area contributed by atoms with E-state index in [2.05, 4.69) is 5.32 Å². The van der Waals surface area contributed by atoms with Crippen LogP contribution in [0.15, 0.2) is 12.1 Å². The molecule has 0 spiro atoms. The van der Waals surface area contributed by atoms with Crippen molar-refractivity contribution in [3.05, 3.63) is 23.3 Å². The summed E-state index contributed by atoms with van der Waals surface area (Å²) in [6.07, 6.45) is 0.736. The lowest BCUT2D eigenvalue weighted by molar-refractivity contribution is 0.0680. The molecule has 0 bridgehead atoms. The molecule has 2 rings (SSSR count). The molecule has 0 aromatic heterocycles. The minimum Gasteiger partial charge on any atom is -0.507 e. The zero-order valence-corrected chi connectivity index (χ0v) is 9.85. The van der Waals surface area contributed by atoms with Crippen LogP contribution < -0.4 is 10.1 Å². The molecule has 1 heterocycles. The third-order valence-electron chi connectivity index (χ3n) is 2.89. The molecular weight excluding hydrogens is 233 g/mol. The van der Waals surface area contributed by atoms with Crippen LogP contribution in [-0.2, 0) is 6.42 Å². The Labute approximate surface area is 106 Å². The molecule has 0 unspecified atom stereocenters. The number of phenols is 1. The Kier molecular flexibility index (Phi) is 3.76. The van der Waals surface area contributed by atoms with Crippen molar-refractivity contribution in [3.63, 3.8) is 0 Å². The van der Waals surface area contributed by atoms with E-state index in [1.807, 2.05) is 0 Å². The monoisotopic (exact) mass is 247 g/mol. The maximum atomic E-state index is 11.2. The molecule has 0 atom stereocenters. The summed E-state index contributed by atoms with van der Waals surface area (Å²) in [5.41, 5.74) is 0.335. The van der Waals surface area contributed by atoms with Crippen molar-refractivity contribution in [1.29, 1.82) is 0 Å². The van der Waals surface area contributed by atoms with Gasteiger partial charge >= 0.3 is 5.97 Å². The standard InChI is InChI=1S/C12H14BNO4/c13-4-3-7-1-2-9(18-8-5-14-6-8)10(11(7)15)12(16)17/h1-2,8,14-15H,3-6H2,(H,16,17). The molecule has 1 aromatic carbocycles. The summed E-state index contributed by atoms with van der Waals surface area (Å²) in [7, 11) is 5.41. The van der Waals surface area contributed by atoms with E-state index in [4.69, 9.17) is 17.7 Å². The molecule has 1 saturated heterocycles. The van der Waals surface area contributed by atoms with Crippen LogP contribution in [0.3, 0.4) is 0 Å². The van der Waals surface area contributed by atoms with Crippen molar-refractivity contribution in [2.45, 2.75) is 18.8 Å². The van der Waals surface area contributed by atoms with Crippen molar-refractivity contribution in [2.75, 3.05) is 13.1 Å². The van der Waals surface area contributed by atoms with E-state index >= 15 is 0 Å². The number of aryl methyl sites for hydroxylation is 1. The average Bonchev–Trinajstić information content (AvgIpc) is 2.26. The number of aromatic hydroxyl groups is 1. The van der Waals surface area contributed by atoms with Gasteiger partial charge in [-0.05, 0) is 18.1 Å². The first-order valence-electron chi connectivity index (χ1n) is 5.79. The van der Waals surface area contributed by atoms with Crippen molar-refractivity contribution in [1.82, 2.24) is 5.32 Å². The predicted molar refractivity (Wildman–Crippen MR) is 66.6 cm³/mol. The lowest BCUT2D eigenvalue weighted by Crippen LogP contribution is -2.50. The SMILES string of the molecule is [B]CCc1ccc(OC2CNC2)c(C(=O)O)c1O. The predicted octanol–water partition coefficient (Wildman–Crippen LogP) is 0.570. The maximum Gasteiger partial charge on any atom is 0.343 e. The molecule has 18 heavy (non-hydrogen) atoms. The van der Waals surface area contributed by atoms with Crippen LogP contribution in [-0.4, -0.2) is 43.2 Å². The van der Waals surface area contributed by atoms with E-state index < -0.39 is 5.97 Å². The first kappa shape index (κ1) is 12.8. The van der Waals surface area contributed by atoms with Crippen molar-refractivity contribution >= 4 is 13.8 Å². The third kappa shape index (κ3) is 2.43. The highest BCUT2D eigenvalue weighted by Crippen LogP contribution is 2.33. The van der Waals surface area contributed by atoms with Gasteiger partial charge in [-0.2, -0.15) is 0 Å². The van der Waals surface area contributed by atoms with E-state index in [1.165, 1.54) is 0 Å². The van der Waals surface area contributed by atoms with Gasteiger partial charge in [0.1, 0.15) is 23.2 Å². The van der Waals surface area contributed by atoms with Gasteiger partial charge in [0.2, 0.25) is 0 Å². The number of hydrogen-bond acceptors (Lipinski definition) is 4. The molecule has 5 nitrogen and oxygen atoms in total. The second-order valence-corrected chi connectivity index (χ2v) is 4.19. The number of ether oxygens (including phenoxy) is 1. The van der Waals surface area contributed by atoms with E-state index in [9.17, 15) is 9.90 Å². The van der Waals surface area contributed by atoms with E-state index in [0.717, 1.165) is 0 Å². The Morgan fingerprint density at radius 1 is 1.50 bits per heavy atom. The van der Waals surface area contributed by atoms with Gasteiger partial charge in [-0.25, -0.2) is 4.79 Å². The Morgan fingerprint density at radius 2 is 2.22 bits per heavy atom. The number of carbonyl (C=O) groups is 1. The number of carboxylic acid groups (broad SMARTS) is 1. The number of rotatable bonds is 5. The molecule has 1 fully saturated rings. The summed E-state index contributed by atoms with van der Waals surface area (Å²) in [4.78, 5) is 11.2. The van der Waals surface area contributed by atoms with Gasteiger partial charge in [-0.1, -0.05) is 12.4 Å². The summed E-state index contributed by atoms with van der Waals surface area (Å²) in [5, 5.41) is 22.1. The van der Waals surface area contributed by atoms with Crippen LogP contribution in [0.4, 0.5) is 0 Å². The molecule has 3 N–H and O–H groups in total. The van der Waals surface area contributed by atoms with Crippen LogP contribution in [0.5, 0.6) is 11.5 Å². The van der Waals surface area contributed by atoms with Gasteiger partial charge in [-0.15, -0.1) is 0 Å². The number of carboxylic acids is 1. The molecule has 1 aliphatic rings. The first-order chi connectivity index (χ1) is 8.63. The summed E-state index contributed by atoms with van der Waals surface area (Å²) >= 11 is 0. The molecule has 94 valence electrons. The van der Waals surface area contributed by atoms with Crippen molar-refractivity contribution in [2.24, 2.45) is 0 Å². The summed E-state index contributed by atoms with van der Waals surface area (Å²) < 4.78 is 5.52. The Bertz CT molecular complexity index is 460. The Hall–Kier alpha value is -1.69. The molecule has 1 aliphatic heterocycles. The quantitative estimate of drug-likeness (QED) is 0.663. The fourth-order valence-corrected chi connectivity index (χ4v) is 1.80. The van der Waals surface area contributed by atoms with Crippen LogP contribution in [0.2, 0.25) is 6.32 Å². The maximum absolute atomic E-state index is 11.2. The minimum atomic E-state index is -1.20. The van der Waals surface area contributed by atoms with Crippen LogP contribution in [0, 0.1) is 0 Å². The molecule has 6 heteroatoms. The van der Waals surface area contributed by atoms with E-state index in [0.29, 0.717) is 31.4 Å². The second-order valence-electron chi connectivity index (χ2n) is 4.19. The zero-order valence-electron chi connectivity index (χ0n) is 9.85. The highest BCUT2D eigenvalue weighted by molar-refractivity contribution is 6.08. The van der Waals surface area contributed by atoms with Gasteiger partial charge < -0.3 is 20.3 Å².